The molecule has 0 fully saturated rings. The van der Waals surface area contributed by atoms with E-state index in [0.29, 0.717) is 35.8 Å². The fraction of sp³-hybridized carbons (Fsp3) is 0.370. The molecule has 0 saturated carbocycles. The number of amides is 1. The molecule has 0 radical (unpaired) electrons. The van der Waals surface area contributed by atoms with E-state index in [9.17, 15) is 9.18 Å². The Morgan fingerprint density at radius 3 is 2.35 bits per heavy atom. The molecular weight excluding hydrogens is 435 g/mol. The van der Waals surface area contributed by atoms with Gasteiger partial charge in [-0.2, -0.15) is 0 Å². The Balaban J connectivity index is 1.59. The number of nitrogens with one attached hydrogen (secondary N) is 1. The molecule has 7 heteroatoms. The molecule has 2 heterocycles. The van der Waals surface area contributed by atoms with Crippen molar-refractivity contribution in [1.82, 2.24) is 4.90 Å². The van der Waals surface area contributed by atoms with Crippen LogP contribution in [0.15, 0.2) is 54.3 Å². The van der Waals surface area contributed by atoms with Gasteiger partial charge in [-0.05, 0) is 49.2 Å². The number of fused-ring (bicyclic) bond motifs is 1. The van der Waals surface area contributed by atoms with Crippen LogP contribution in [0.25, 0.3) is 11.1 Å². The van der Waals surface area contributed by atoms with Crippen LogP contribution in [0.5, 0.6) is 0 Å². The predicted molar refractivity (Wildman–Crippen MR) is 131 cm³/mol. The second kappa shape index (κ2) is 10.1. The second-order valence-corrected chi connectivity index (χ2v) is 9.01. The van der Waals surface area contributed by atoms with Crippen molar-refractivity contribution < 1.29 is 23.4 Å². The second-order valence-electron chi connectivity index (χ2n) is 9.01. The Morgan fingerprint density at radius 1 is 1.03 bits per heavy atom. The van der Waals surface area contributed by atoms with Crippen molar-refractivity contribution >= 4 is 22.7 Å². The van der Waals surface area contributed by atoms with Gasteiger partial charge in [0.25, 0.3) is 5.91 Å². The van der Waals surface area contributed by atoms with E-state index in [-0.39, 0.29) is 5.91 Å². The van der Waals surface area contributed by atoms with Crippen LogP contribution in [-0.2, 0) is 25.5 Å². The van der Waals surface area contributed by atoms with Crippen LogP contribution in [0.3, 0.4) is 0 Å². The average molecular weight is 467 g/mol. The smallest absolute Gasteiger partial charge is 0.260 e. The summed E-state index contributed by atoms with van der Waals surface area (Å²) < 4.78 is 30.6. The van der Waals surface area contributed by atoms with E-state index in [0.717, 1.165) is 30.8 Å². The first-order chi connectivity index (χ1) is 16.3. The predicted octanol–water partition coefficient (Wildman–Crippen LogP) is 4.48. The van der Waals surface area contributed by atoms with Gasteiger partial charge in [0, 0.05) is 50.7 Å². The summed E-state index contributed by atoms with van der Waals surface area (Å²) in [5, 5.41) is 2.79. The van der Waals surface area contributed by atoms with Gasteiger partial charge >= 0.3 is 0 Å². The number of hydrogen-bond donors (Lipinski definition) is 1. The van der Waals surface area contributed by atoms with E-state index in [4.69, 9.17) is 14.2 Å². The van der Waals surface area contributed by atoms with E-state index in [2.05, 4.69) is 34.5 Å². The number of allylic oxidation sites excluding steroid dienone is 1. The maximum atomic E-state index is 13.9. The SMILES string of the molecule is COCCN(CCOC)Cc1ccc(C2=CC(=C3C(=O)Nc4ccc(F)cc43)OC2(C)C)cc1. The summed E-state index contributed by atoms with van der Waals surface area (Å²) in [4.78, 5) is 15.0. The molecule has 2 aliphatic rings. The van der Waals surface area contributed by atoms with Crippen molar-refractivity contribution in [3.63, 3.8) is 0 Å². The Bertz CT molecular complexity index is 1110. The van der Waals surface area contributed by atoms with Crippen molar-refractivity contribution in [2.45, 2.75) is 26.0 Å². The van der Waals surface area contributed by atoms with E-state index < -0.39 is 11.4 Å². The molecule has 0 bridgehead atoms. The number of rotatable bonds is 9. The summed E-state index contributed by atoms with van der Waals surface area (Å²) in [6.07, 6.45) is 1.90. The van der Waals surface area contributed by atoms with Gasteiger partial charge in [0.15, 0.2) is 0 Å². The number of carbonyl (C=O) groups excluding carboxylic acids is 1. The molecule has 6 nitrogen and oxygen atoms in total. The topological polar surface area (TPSA) is 60.0 Å². The maximum absolute atomic E-state index is 13.9. The van der Waals surface area contributed by atoms with E-state index in [1.54, 1.807) is 20.3 Å². The minimum atomic E-state index is -0.636. The summed E-state index contributed by atoms with van der Waals surface area (Å²) in [5.74, 6) is -0.224. The Morgan fingerprint density at radius 2 is 1.71 bits per heavy atom. The van der Waals surface area contributed by atoms with Crippen molar-refractivity contribution in [2.24, 2.45) is 0 Å². The number of benzene rings is 2. The van der Waals surface area contributed by atoms with Gasteiger partial charge in [0.05, 0.1) is 18.8 Å². The van der Waals surface area contributed by atoms with E-state index in [1.165, 1.54) is 17.7 Å². The molecule has 0 aliphatic carbocycles. The quantitative estimate of drug-likeness (QED) is 0.553. The number of methoxy groups -OCH3 is 2. The number of halogens is 1. The van der Waals surface area contributed by atoms with Gasteiger partial charge in [-0.3, -0.25) is 9.69 Å². The summed E-state index contributed by atoms with van der Waals surface area (Å²) in [6, 6.07) is 12.6. The molecule has 0 unspecified atom stereocenters. The normalized spacial score (nSPS) is 18.6. The lowest BCUT2D eigenvalue weighted by Crippen LogP contribution is -2.30. The average Bonchev–Trinajstić information content (AvgIpc) is 3.30. The first-order valence-corrected chi connectivity index (χ1v) is 11.4. The zero-order chi connectivity index (χ0) is 24.3. The summed E-state index contributed by atoms with van der Waals surface area (Å²) >= 11 is 0. The lowest BCUT2D eigenvalue weighted by molar-refractivity contribution is -0.111. The van der Waals surface area contributed by atoms with Gasteiger partial charge in [-0.25, -0.2) is 4.39 Å². The Hall–Kier alpha value is -3.00. The lowest BCUT2D eigenvalue weighted by atomic mass is 9.91. The molecule has 2 aromatic carbocycles. The Labute approximate surface area is 200 Å². The molecule has 0 aromatic heterocycles. The van der Waals surface area contributed by atoms with Crippen molar-refractivity contribution in [2.75, 3.05) is 45.8 Å². The van der Waals surface area contributed by atoms with Crippen LogP contribution in [0.2, 0.25) is 0 Å². The van der Waals surface area contributed by atoms with Gasteiger partial charge < -0.3 is 19.5 Å². The van der Waals surface area contributed by atoms with Crippen LogP contribution >= 0.6 is 0 Å². The summed E-state index contributed by atoms with van der Waals surface area (Å²) in [6.45, 7) is 7.72. The van der Waals surface area contributed by atoms with Crippen molar-refractivity contribution in [3.05, 3.63) is 76.8 Å². The molecule has 180 valence electrons. The Kier molecular flexibility index (Phi) is 7.16. The molecular formula is C27H31FN2O4. The number of nitrogens with zero attached hydrogens (tertiary/aromatic N) is 1. The number of anilines is 1. The first kappa shape index (κ1) is 24.1. The fourth-order valence-corrected chi connectivity index (χ4v) is 4.36. The van der Waals surface area contributed by atoms with Gasteiger partial charge in [-0.15, -0.1) is 0 Å². The van der Waals surface area contributed by atoms with Crippen molar-refractivity contribution in [3.8, 4) is 0 Å². The summed E-state index contributed by atoms with van der Waals surface area (Å²) in [5.41, 5.74) is 4.01. The van der Waals surface area contributed by atoms with Crippen molar-refractivity contribution in [1.29, 1.82) is 0 Å². The molecule has 1 N–H and O–H groups in total. The third-order valence-electron chi connectivity index (χ3n) is 6.16. The molecule has 0 atom stereocenters. The van der Waals surface area contributed by atoms with Crippen LogP contribution in [0.4, 0.5) is 10.1 Å². The highest BCUT2D eigenvalue weighted by Crippen LogP contribution is 2.44. The minimum Gasteiger partial charge on any atom is -0.482 e. The minimum absolute atomic E-state index is 0.286. The molecule has 1 amide bonds. The number of carbonyl (C=O) groups is 1. The summed E-state index contributed by atoms with van der Waals surface area (Å²) in [7, 11) is 3.41. The third-order valence-corrected chi connectivity index (χ3v) is 6.16. The van der Waals surface area contributed by atoms with Crippen LogP contribution in [0.1, 0.15) is 30.5 Å². The number of hydrogen-bond acceptors (Lipinski definition) is 5. The third kappa shape index (κ3) is 5.06. The number of ether oxygens (including phenoxy) is 3. The van der Waals surface area contributed by atoms with Gasteiger partial charge in [0.1, 0.15) is 17.2 Å². The van der Waals surface area contributed by atoms with E-state index >= 15 is 0 Å². The maximum Gasteiger partial charge on any atom is 0.260 e. The molecule has 4 rings (SSSR count). The molecule has 2 aliphatic heterocycles. The standard InChI is InChI=1S/C27H31FN2O4/c1-27(2)22(16-24(34-27)25-21-15-20(28)9-10-23(21)29-26(25)31)19-7-5-18(6-8-19)17-30(11-13-32-3)12-14-33-4/h5-10,15-16H,11-14,17H2,1-4H3,(H,29,31). The lowest BCUT2D eigenvalue weighted by Gasteiger charge is -2.24. The molecule has 0 spiro atoms. The first-order valence-electron chi connectivity index (χ1n) is 11.4. The monoisotopic (exact) mass is 466 g/mol. The highest BCUT2D eigenvalue weighted by atomic mass is 19.1. The molecule has 2 aromatic rings. The largest absolute Gasteiger partial charge is 0.482 e. The molecule has 0 saturated heterocycles. The van der Waals surface area contributed by atoms with Crippen LogP contribution < -0.4 is 5.32 Å². The van der Waals surface area contributed by atoms with E-state index in [1.807, 2.05) is 19.9 Å². The highest BCUT2D eigenvalue weighted by molar-refractivity contribution is 6.32. The molecule has 34 heavy (non-hydrogen) atoms. The van der Waals surface area contributed by atoms with Gasteiger partial charge in [0.2, 0.25) is 0 Å². The zero-order valence-corrected chi connectivity index (χ0v) is 20.1. The van der Waals surface area contributed by atoms with Crippen LogP contribution in [0, 0.1) is 5.82 Å². The highest BCUT2D eigenvalue weighted by Gasteiger charge is 2.38. The van der Waals surface area contributed by atoms with Gasteiger partial charge in [-0.1, -0.05) is 24.3 Å². The zero-order valence-electron chi connectivity index (χ0n) is 20.1. The fourth-order valence-electron chi connectivity index (χ4n) is 4.36. The van der Waals surface area contributed by atoms with Crippen LogP contribution in [-0.4, -0.2) is 56.9 Å².